The second-order valence-electron chi connectivity index (χ2n) is 27.2. The van der Waals surface area contributed by atoms with Crippen LogP contribution in [0.4, 0.5) is 0 Å². The van der Waals surface area contributed by atoms with Crippen molar-refractivity contribution in [2.75, 3.05) is 141 Å². The van der Waals surface area contributed by atoms with Gasteiger partial charge in [0.15, 0.2) is 0 Å². The maximum atomic E-state index is 2.30. The molecule has 0 aliphatic carbocycles. The summed E-state index contributed by atoms with van der Waals surface area (Å²) in [5.74, 6) is 0. The minimum Gasteiger partial charge on any atom is -0.305 e. The zero-order valence-corrected chi connectivity index (χ0v) is 58.9. The fourth-order valence-electron chi connectivity index (χ4n) is 11.7. The van der Waals surface area contributed by atoms with Crippen LogP contribution < -0.4 is 0 Å². The van der Waals surface area contributed by atoms with Crippen LogP contribution in [0.3, 0.4) is 0 Å². The van der Waals surface area contributed by atoms with Gasteiger partial charge in [-0.2, -0.15) is 0 Å². The van der Waals surface area contributed by atoms with Crippen molar-refractivity contribution in [3.8, 4) is 0 Å². The number of benzene rings is 10. The predicted octanol–water partition coefficient (Wildman–Crippen LogP) is 14.8. The first-order valence-electron chi connectivity index (χ1n) is 31.8. The Hall–Kier alpha value is -6.90. The average Bonchev–Trinajstić information content (AvgIpc) is 1.06. The molecule has 0 radical (unpaired) electrons. The van der Waals surface area contributed by atoms with E-state index in [2.05, 4.69) is 372 Å². The van der Waals surface area contributed by atoms with Crippen molar-refractivity contribution in [3.05, 3.63) is 238 Å². The Kier molecular flexibility index (Phi) is 28.6. The molecular weight excluding hydrogens is 1100 g/mol. The highest BCUT2D eigenvalue weighted by atomic mass is 15.1. The van der Waals surface area contributed by atoms with Gasteiger partial charge in [0.1, 0.15) is 0 Å². The topological polar surface area (TPSA) is 32.4 Å². The normalized spacial score (nSPS) is 11.7. The van der Waals surface area contributed by atoms with Gasteiger partial charge >= 0.3 is 0 Å². The molecule has 10 heteroatoms. The average molecular weight is 1210 g/mol. The lowest BCUT2D eigenvalue weighted by Crippen LogP contribution is -2.13. The molecule has 10 aromatic carbocycles. The number of hydrogen-bond acceptors (Lipinski definition) is 10. The van der Waals surface area contributed by atoms with E-state index in [0.717, 1.165) is 65.4 Å². The van der Waals surface area contributed by atoms with E-state index >= 15 is 0 Å². The Bertz CT molecular complexity index is 3530. The molecule has 10 nitrogen and oxygen atoms in total. The van der Waals surface area contributed by atoms with Gasteiger partial charge in [0.2, 0.25) is 0 Å². The largest absolute Gasteiger partial charge is 0.305 e. The molecule has 0 bridgehead atoms. The molecule has 10 rings (SSSR count). The number of nitrogens with zero attached hydrogens (tertiary/aromatic N) is 10. The standard InChI is InChI=1S/5C16H22N2/c1-17(2)11-13-5-7-16-10-14(12-18(3)4)6-8-15(16)9-13;1-17(2)11-13-5-7-15-8-6-14(12-18(3)4)10-16(15)9-13;1-17(2)11-13-7-5-10-16-14(12-18(3)4)8-6-9-15(13)16;1-17(2)11-13-8-9-16-14(10-13)6-5-7-15(16)12-18(3)4;1-17(2)11-13-9-10-14(12-18(3)4)16-8-6-5-7-15(13)16/h5*5-10H,11-12H2,1-4H3. The van der Waals surface area contributed by atoms with Crippen molar-refractivity contribution in [2.24, 2.45) is 0 Å². The third kappa shape index (κ3) is 23.7. The Morgan fingerprint density at radius 3 is 0.711 bits per heavy atom. The molecular formula is C80H110N10. The molecule has 480 valence electrons. The van der Waals surface area contributed by atoms with Gasteiger partial charge in [-0.05, 0) is 281 Å². The van der Waals surface area contributed by atoms with Crippen LogP contribution in [0.5, 0.6) is 0 Å². The third-order valence-corrected chi connectivity index (χ3v) is 15.1. The van der Waals surface area contributed by atoms with Crippen molar-refractivity contribution < 1.29 is 0 Å². The first kappa shape index (κ1) is 72.2. The SMILES string of the molecule is CN(C)Cc1ccc(CN(C)C)c2ccccc12.CN(C)Cc1ccc2c(CN(C)C)cccc2c1.CN(C)Cc1ccc2cc(CN(C)C)ccc2c1.CN(C)Cc1ccc2ccc(CN(C)C)cc2c1.CN(C)Cc1cccc2c(CN(C)C)cccc12. The van der Waals surface area contributed by atoms with E-state index < -0.39 is 0 Å². The van der Waals surface area contributed by atoms with Crippen LogP contribution in [-0.4, -0.2) is 190 Å². The predicted molar refractivity (Wildman–Crippen MR) is 394 cm³/mol. The van der Waals surface area contributed by atoms with Gasteiger partial charge in [-0.15, -0.1) is 0 Å². The maximum Gasteiger partial charge on any atom is 0.0233 e. The maximum absolute atomic E-state index is 2.30. The van der Waals surface area contributed by atoms with E-state index in [-0.39, 0.29) is 0 Å². The van der Waals surface area contributed by atoms with Crippen LogP contribution in [-0.2, 0) is 65.4 Å². The molecule has 0 heterocycles. The van der Waals surface area contributed by atoms with Crippen LogP contribution in [0.1, 0.15) is 55.6 Å². The summed E-state index contributed by atoms with van der Waals surface area (Å²) in [4.78, 5) is 22.1. The molecule has 0 unspecified atom stereocenters. The molecule has 0 aromatic heterocycles. The van der Waals surface area contributed by atoms with E-state index in [1.807, 2.05) is 0 Å². The van der Waals surface area contributed by atoms with Gasteiger partial charge in [0.25, 0.3) is 0 Å². The molecule has 0 amide bonds. The lowest BCUT2D eigenvalue weighted by atomic mass is 9.99. The molecule has 0 aliphatic heterocycles. The summed E-state index contributed by atoms with van der Waals surface area (Å²) in [5, 5.41) is 13.6. The van der Waals surface area contributed by atoms with Crippen LogP contribution in [0.2, 0.25) is 0 Å². The van der Waals surface area contributed by atoms with Crippen molar-refractivity contribution in [1.29, 1.82) is 0 Å². The number of rotatable bonds is 20. The van der Waals surface area contributed by atoms with E-state index in [1.54, 1.807) is 0 Å². The highest BCUT2D eigenvalue weighted by molar-refractivity contribution is 5.90. The summed E-state index contributed by atoms with van der Waals surface area (Å²) in [6.45, 7) is 9.92. The van der Waals surface area contributed by atoms with Crippen LogP contribution >= 0.6 is 0 Å². The molecule has 90 heavy (non-hydrogen) atoms. The molecule has 0 N–H and O–H groups in total. The minimum absolute atomic E-state index is 0.989. The molecule has 0 spiro atoms. The van der Waals surface area contributed by atoms with Crippen LogP contribution in [0.15, 0.2) is 182 Å². The van der Waals surface area contributed by atoms with Crippen LogP contribution in [0, 0.1) is 0 Å². The summed E-state index contributed by atoms with van der Waals surface area (Å²) in [7, 11) is 42.2. The molecule has 0 saturated carbocycles. The van der Waals surface area contributed by atoms with E-state index in [1.165, 1.54) is 109 Å². The summed E-state index contributed by atoms with van der Waals surface area (Å²) in [6.07, 6.45) is 0. The number of hydrogen-bond donors (Lipinski definition) is 0. The second kappa shape index (κ2) is 35.6. The third-order valence-electron chi connectivity index (χ3n) is 15.1. The Morgan fingerprint density at radius 2 is 0.400 bits per heavy atom. The lowest BCUT2D eigenvalue weighted by molar-refractivity contribution is 0.401. The number of fused-ring (bicyclic) bond motifs is 5. The van der Waals surface area contributed by atoms with Crippen molar-refractivity contribution in [2.45, 2.75) is 65.4 Å². The summed E-state index contributed by atoms with van der Waals surface area (Å²) in [5.41, 5.74) is 13.8. The van der Waals surface area contributed by atoms with E-state index in [9.17, 15) is 0 Å². The summed E-state index contributed by atoms with van der Waals surface area (Å²) >= 11 is 0. The highest BCUT2D eigenvalue weighted by Gasteiger charge is 2.10. The van der Waals surface area contributed by atoms with Gasteiger partial charge in [-0.1, -0.05) is 152 Å². The first-order chi connectivity index (χ1) is 42.8. The fourth-order valence-corrected chi connectivity index (χ4v) is 11.7. The Morgan fingerprint density at radius 1 is 0.167 bits per heavy atom. The van der Waals surface area contributed by atoms with E-state index in [0.29, 0.717) is 0 Å². The van der Waals surface area contributed by atoms with Crippen molar-refractivity contribution in [3.63, 3.8) is 0 Å². The Labute approximate surface area is 544 Å². The lowest BCUT2D eigenvalue weighted by Gasteiger charge is -2.16. The van der Waals surface area contributed by atoms with E-state index in [4.69, 9.17) is 0 Å². The van der Waals surface area contributed by atoms with Crippen molar-refractivity contribution in [1.82, 2.24) is 49.0 Å². The second-order valence-corrected chi connectivity index (χ2v) is 27.2. The molecule has 10 aromatic rings. The van der Waals surface area contributed by atoms with Gasteiger partial charge in [-0.25, -0.2) is 0 Å². The molecule has 0 aliphatic rings. The van der Waals surface area contributed by atoms with Gasteiger partial charge < -0.3 is 49.0 Å². The Balaban J connectivity index is 0.000000179. The zero-order chi connectivity index (χ0) is 65.6. The van der Waals surface area contributed by atoms with Gasteiger partial charge in [-0.3, -0.25) is 0 Å². The monoisotopic (exact) mass is 1210 g/mol. The minimum atomic E-state index is 0.989. The zero-order valence-electron chi connectivity index (χ0n) is 58.9. The smallest absolute Gasteiger partial charge is 0.0233 e. The van der Waals surface area contributed by atoms with Crippen molar-refractivity contribution >= 4 is 53.9 Å². The summed E-state index contributed by atoms with van der Waals surface area (Å²) in [6, 6.07) is 66.8. The van der Waals surface area contributed by atoms with Crippen LogP contribution in [0.25, 0.3) is 53.9 Å². The van der Waals surface area contributed by atoms with Gasteiger partial charge in [0.05, 0.1) is 0 Å². The quantitative estimate of drug-likeness (QED) is 0.0736. The molecule has 0 atom stereocenters. The highest BCUT2D eigenvalue weighted by Crippen LogP contribution is 2.27. The fraction of sp³-hybridized carbons (Fsp3) is 0.375. The first-order valence-corrected chi connectivity index (χ1v) is 31.8. The molecule has 0 saturated heterocycles. The molecule has 0 fully saturated rings. The summed E-state index contributed by atoms with van der Waals surface area (Å²) < 4.78 is 0. The van der Waals surface area contributed by atoms with Gasteiger partial charge in [0, 0.05) is 65.4 Å².